The minimum atomic E-state index is -0.844. The van der Waals surface area contributed by atoms with Crippen LogP contribution in [0.2, 0.25) is 0 Å². The van der Waals surface area contributed by atoms with E-state index in [2.05, 4.69) is 58.1 Å². The van der Waals surface area contributed by atoms with Crippen molar-refractivity contribution in [3.8, 4) is 0 Å². The zero-order valence-corrected chi connectivity index (χ0v) is 29.7. The van der Waals surface area contributed by atoms with Crippen LogP contribution in [0.25, 0.3) is 0 Å². The molecular formula is C23H34Br3FmN4O9-. The second kappa shape index (κ2) is 18.0. The van der Waals surface area contributed by atoms with Crippen molar-refractivity contribution in [1.29, 1.82) is 0 Å². The molecule has 0 bridgehead atoms. The third-order valence-electron chi connectivity index (χ3n) is 4.72. The molecule has 1 aromatic heterocycles. The molecule has 1 aromatic rings. The summed E-state index contributed by atoms with van der Waals surface area (Å²) in [5, 5.41) is 2.44. The number of alkyl halides is 3. The zero-order valence-electron chi connectivity index (χ0n) is 22.5. The summed E-state index contributed by atoms with van der Waals surface area (Å²) in [4.78, 5) is 63.7. The third kappa shape index (κ3) is 16.5. The van der Waals surface area contributed by atoms with Gasteiger partial charge < -0.3 is 34.0 Å². The van der Waals surface area contributed by atoms with Gasteiger partial charge in [0, 0.05) is 24.3 Å². The molecule has 2 N–H and O–H groups in total. The molecule has 0 aliphatic rings. The van der Waals surface area contributed by atoms with Gasteiger partial charge >= 0.3 is 11.7 Å². The van der Waals surface area contributed by atoms with Gasteiger partial charge in [-0.05, 0) is 27.7 Å². The second-order valence-corrected chi connectivity index (χ2v) is 16.6. The molecule has 0 radical (unpaired) electrons. The van der Waals surface area contributed by atoms with E-state index in [9.17, 15) is 24.0 Å². The molecule has 0 aliphatic carbocycles. The number of aryl methyl sites for hydroxylation is 1. The Morgan fingerprint density at radius 1 is 1.12 bits per heavy atom. The van der Waals surface area contributed by atoms with Crippen molar-refractivity contribution < 1.29 is 33.3 Å². The van der Waals surface area contributed by atoms with E-state index in [0.717, 1.165) is 9.47 Å². The molecular weight excluding hydrogens is 973 g/mol. The predicted octanol–water partition coefficient (Wildman–Crippen LogP) is 0.929. The fourth-order valence-corrected chi connectivity index (χ4v) is 3.29. The van der Waals surface area contributed by atoms with Crippen molar-refractivity contribution in [2.24, 2.45) is 0 Å². The maximum atomic E-state index is 13.1. The van der Waals surface area contributed by atoms with Crippen molar-refractivity contribution in [3.05, 3.63) is 32.6 Å². The summed E-state index contributed by atoms with van der Waals surface area (Å²) >= 11 is 9.64. The number of carbonyl (C=O) groups is 2. The van der Waals surface area contributed by atoms with E-state index >= 15 is 0 Å². The van der Waals surface area contributed by atoms with Crippen molar-refractivity contribution in [2.75, 3.05) is 52.7 Å². The fourth-order valence-electron chi connectivity index (χ4n) is 2.94. The summed E-state index contributed by atoms with van der Waals surface area (Å²) in [6, 6.07) is -0.736. The van der Waals surface area contributed by atoms with Crippen LogP contribution in [0.1, 0.15) is 26.3 Å². The van der Waals surface area contributed by atoms with Gasteiger partial charge in [-0.1, -0.05) is 47.8 Å². The van der Waals surface area contributed by atoms with Crippen molar-refractivity contribution in [1.82, 2.24) is 19.8 Å². The van der Waals surface area contributed by atoms with Crippen molar-refractivity contribution >= 4 is 66.1 Å². The van der Waals surface area contributed by atoms with Crippen LogP contribution in [-0.2, 0) is 39.9 Å². The molecule has 0 aliphatic heterocycles. The van der Waals surface area contributed by atoms with Crippen molar-refractivity contribution in [3.63, 3.8) is 0 Å². The molecule has 40 heavy (non-hydrogen) atoms. The van der Waals surface area contributed by atoms with Crippen LogP contribution in [-0.4, -0.2) is 99.3 Å². The smallest absolute Gasteiger partial charge is 0.328 e. The van der Waals surface area contributed by atoms with Crippen LogP contribution in [0.4, 0.5) is 0 Å². The Kier molecular flexibility index (Phi) is 16.8. The molecule has 13 nitrogen and oxygen atoms in total. The van der Waals surface area contributed by atoms with E-state index in [1.165, 1.54) is 13.1 Å². The Morgan fingerprint density at radius 2 is 1.75 bits per heavy atom. The van der Waals surface area contributed by atoms with Gasteiger partial charge in [0.05, 0.1) is 38.6 Å². The first-order valence-corrected chi connectivity index (χ1v) is 14.2. The number of esters is 1. The number of hydrogen-bond donors (Lipinski definition) is 2. The van der Waals surface area contributed by atoms with Crippen LogP contribution in [0.15, 0.2) is 15.8 Å². The molecule has 1 unspecified atom stereocenters. The Balaban J connectivity index is 0.0000152. The molecule has 17 heteroatoms. The van der Waals surface area contributed by atoms with Crippen LogP contribution >= 0.6 is 47.8 Å². The SMILES string of the molecule is Cc1cn(CC(=O)N(CC(=O)OCC(Br)(Br)Br)CC(COCCOCCOC(C)(C)C)N[C-]=O)c(=O)[nH]c1=O.[Fm]. The average molecular weight is 1010 g/mol. The number of carbonyl (C=O) groups excluding carboxylic acids is 3. The number of nitrogens with zero attached hydrogens (tertiary/aromatic N) is 2. The number of aromatic amines is 1. The summed E-state index contributed by atoms with van der Waals surface area (Å²) in [6.45, 7) is 7.40. The van der Waals surface area contributed by atoms with Gasteiger partial charge in [0.25, 0.3) is 5.56 Å². The predicted molar refractivity (Wildman–Crippen MR) is 153 cm³/mol. The summed E-state index contributed by atoms with van der Waals surface area (Å²) in [6.07, 6.45) is 2.82. The Bertz CT molecular complexity index is 1060. The molecule has 2 amide bonds. The van der Waals surface area contributed by atoms with E-state index < -0.39 is 44.4 Å². The zero-order chi connectivity index (χ0) is 29.6. The summed E-state index contributed by atoms with van der Waals surface area (Å²) in [5.41, 5.74) is -1.38. The third-order valence-corrected chi connectivity index (χ3v) is 5.41. The molecule has 0 aromatic carbocycles. The number of ether oxygens (including phenoxy) is 4. The molecule has 1 rings (SSSR count). The summed E-state index contributed by atoms with van der Waals surface area (Å²) in [5.74, 6) is -1.38. The van der Waals surface area contributed by atoms with Crippen LogP contribution in [0, 0.1) is 6.92 Å². The van der Waals surface area contributed by atoms with E-state index in [1.54, 1.807) is 6.41 Å². The number of aromatic nitrogens is 2. The summed E-state index contributed by atoms with van der Waals surface area (Å²) < 4.78 is 21.9. The standard InChI is InChI=1S/C23H34Br3N4O9.Fm/c1-16-9-30(21(35)28-20(16)34)11-18(32)29(12-19(33)38-14-23(24,25)26)10-17(27-15-31)13-37-6-5-36-7-8-39-22(2,3)4;/h9,17H,5-8,10-14H2,1-4H3,(H,27,31)(H,28,34,35);/q-1;. The molecule has 0 fully saturated rings. The Hall–Kier alpha value is -2.59. The topological polar surface area (TPSA) is 158 Å². The first kappa shape index (κ1) is 37.4. The second-order valence-electron chi connectivity index (χ2n) is 9.34. The van der Waals surface area contributed by atoms with E-state index in [-0.39, 0.29) is 44.1 Å². The van der Waals surface area contributed by atoms with Gasteiger partial charge in [-0.2, -0.15) is 6.41 Å². The number of nitrogens with one attached hydrogen (secondary N) is 2. The molecule has 1 heterocycles. The first-order valence-electron chi connectivity index (χ1n) is 11.8. The van der Waals surface area contributed by atoms with Crippen LogP contribution in [0.3, 0.4) is 0 Å². The monoisotopic (exact) mass is 1000 g/mol. The van der Waals surface area contributed by atoms with E-state index in [1.807, 2.05) is 20.8 Å². The molecule has 0 saturated heterocycles. The molecule has 234 valence electrons. The Morgan fingerprint density at radius 3 is 2.35 bits per heavy atom. The van der Waals surface area contributed by atoms with E-state index in [0.29, 0.717) is 13.2 Å². The first-order chi connectivity index (χ1) is 18.1. The van der Waals surface area contributed by atoms with Gasteiger partial charge in [0.15, 0.2) is 2.14 Å². The largest absolute Gasteiger partial charge is 0.524 e. The molecule has 0 saturated carbocycles. The van der Waals surface area contributed by atoms with Gasteiger partial charge in [0.2, 0.25) is 5.91 Å². The van der Waals surface area contributed by atoms with Gasteiger partial charge in [0.1, 0.15) is 19.7 Å². The fraction of sp³-hybridized carbons (Fsp3) is 0.696. The van der Waals surface area contributed by atoms with Gasteiger partial charge in [-0.15, -0.1) is 0 Å². The maximum absolute atomic E-state index is 13.1. The number of amides is 2. The van der Waals surface area contributed by atoms with Crippen LogP contribution < -0.4 is 16.6 Å². The maximum Gasteiger partial charge on any atom is 0.328 e. The quantitative estimate of drug-likeness (QED) is 0.0763. The molecule has 0 spiro atoms. The van der Waals surface area contributed by atoms with Crippen molar-refractivity contribution in [2.45, 2.75) is 48.0 Å². The number of rotatable bonds is 17. The average Bonchev–Trinajstić information content (AvgIpc) is 2.81. The summed E-state index contributed by atoms with van der Waals surface area (Å²) in [7, 11) is 0. The van der Waals surface area contributed by atoms with Gasteiger partial charge in [-0.3, -0.25) is 23.9 Å². The number of hydrogen-bond acceptors (Lipinski definition) is 9. The Labute approximate surface area is 251 Å². The molecule has 1 atom stereocenters. The number of H-pyrrole nitrogens is 1. The van der Waals surface area contributed by atoms with Crippen LogP contribution in [0.5, 0.6) is 0 Å². The van der Waals surface area contributed by atoms with Gasteiger partial charge in [-0.25, -0.2) is 4.79 Å². The minimum Gasteiger partial charge on any atom is -0.524 e. The number of halogens is 3. The minimum absolute atomic E-state index is 0. The van der Waals surface area contributed by atoms with E-state index in [4.69, 9.17) is 18.9 Å². The normalized spacial score (nSPS) is 12.3.